The molecule has 0 bridgehead atoms. The largest absolute Gasteiger partial charge is 0.368 e. The highest BCUT2D eigenvalue weighted by Crippen LogP contribution is 2.16. The highest BCUT2D eigenvalue weighted by Gasteiger charge is 2.12. The molecule has 1 amide bonds. The van der Waals surface area contributed by atoms with E-state index < -0.39 is 0 Å². The van der Waals surface area contributed by atoms with Crippen LogP contribution >= 0.6 is 11.6 Å². The van der Waals surface area contributed by atoms with Crippen molar-refractivity contribution in [2.75, 3.05) is 0 Å². The fourth-order valence-electron chi connectivity index (χ4n) is 1.30. The lowest BCUT2D eigenvalue weighted by Crippen LogP contribution is -2.39. The molecule has 82 valence electrons. The Hall–Kier alpha value is -1.06. The van der Waals surface area contributed by atoms with Gasteiger partial charge >= 0.3 is 0 Å². The number of carbonyl (C=O) groups excluding carboxylic acids is 1. The molecular weight excluding hydrogens is 212 g/mol. The summed E-state index contributed by atoms with van der Waals surface area (Å²) < 4.78 is 0. The van der Waals surface area contributed by atoms with Gasteiger partial charge in [0.25, 0.3) is 0 Å². The molecule has 0 radical (unpaired) electrons. The monoisotopic (exact) mass is 226 g/mol. The van der Waals surface area contributed by atoms with Crippen LogP contribution in [0.25, 0.3) is 0 Å². The van der Waals surface area contributed by atoms with Crippen LogP contribution in [0.2, 0.25) is 5.02 Å². The van der Waals surface area contributed by atoms with Crippen LogP contribution in [0.15, 0.2) is 24.3 Å². The molecule has 1 rings (SSSR count). The van der Waals surface area contributed by atoms with Gasteiger partial charge in [0.1, 0.15) is 0 Å². The molecule has 1 aromatic rings. The highest BCUT2D eigenvalue weighted by atomic mass is 35.5. The third kappa shape index (κ3) is 3.53. The zero-order valence-electron chi connectivity index (χ0n) is 8.83. The summed E-state index contributed by atoms with van der Waals surface area (Å²) in [7, 11) is 0. The first kappa shape index (κ1) is 12.0. The van der Waals surface area contributed by atoms with Crippen LogP contribution in [-0.2, 0) is 4.79 Å². The fraction of sp³-hybridized carbons (Fsp3) is 0.364. The van der Waals surface area contributed by atoms with Gasteiger partial charge in [0, 0.05) is 11.1 Å². The number of hydrogen-bond donors (Lipinski definition) is 2. The van der Waals surface area contributed by atoms with Gasteiger partial charge in [-0.3, -0.25) is 10.1 Å². The number of primary amides is 1. The van der Waals surface area contributed by atoms with Crippen LogP contribution in [0.5, 0.6) is 0 Å². The summed E-state index contributed by atoms with van der Waals surface area (Å²) in [5.41, 5.74) is 6.24. The minimum Gasteiger partial charge on any atom is -0.368 e. The van der Waals surface area contributed by atoms with Crippen molar-refractivity contribution in [1.29, 1.82) is 0 Å². The SMILES string of the molecule is C[C@H](N[C@H](C)C(N)=O)c1ccc(Cl)cc1. The Balaban J connectivity index is 2.64. The summed E-state index contributed by atoms with van der Waals surface area (Å²) in [6.07, 6.45) is 0. The zero-order chi connectivity index (χ0) is 11.4. The van der Waals surface area contributed by atoms with E-state index in [0.717, 1.165) is 5.56 Å². The maximum atomic E-state index is 10.9. The molecule has 0 aliphatic heterocycles. The van der Waals surface area contributed by atoms with Crippen molar-refractivity contribution in [3.63, 3.8) is 0 Å². The van der Waals surface area contributed by atoms with Crippen LogP contribution in [-0.4, -0.2) is 11.9 Å². The van der Waals surface area contributed by atoms with Crippen molar-refractivity contribution in [1.82, 2.24) is 5.32 Å². The summed E-state index contributed by atoms with van der Waals surface area (Å²) in [5, 5.41) is 3.80. The Kier molecular flexibility index (Phi) is 4.12. The quantitative estimate of drug-likeness (QED) is 0.824. The molecule has 0 aromatic heterocycles. The Labute approximate surface area is 94.6 Å². The summed E-state index contributed by atoms with van der Waals surface area (Å²) >= 11 is 5.78. The van der Waals surface area contributed by atoms with Crippen LogP contribution < -0.4 is 11.1 Å². The summed E-state index contributed by atoms with van der Waals surface area (Å²) in [6.45, 7) is 3.72. The summed E-state index contributed by atoms with van der Waals surface area (Å²) in [6, 6.07) is 7.23. The van der Waals surface area contributed by atoms with Gasteiger partial charge in [-0.1, -0.05) is 23.7 Å². The number of nitrogens with one attached hydrogen (secondary N) is 1. The second-order valence-corrected chi connectivity index (χ2v) is 4.00. The molecule has 15 heavy (non-hydrogen) atoms. The third-order valence-electron chi connectivity index (χ3n) is 2.30. The number of carbonyl (C=O) groups is 1. The fourth-order valence-corrected chi connectivity index (χ4v) is 1.43. The molecule has 1 aromatic carbocycles. The van der Waals surface area contributed by atoms with Gasteiger partial charge < -0.3 is 5.73 Å². The van der Waals surface area contributed by atoms with Crippen molar-refractivity contribution in [2.45, 2.75) is 25.9 Å². The molecule has 2 atom stereocenters. The van der Waals surface area contributed by atoms with Gasteiger partial charge in [-0.25, -0.2) is 0 Å². The van der Waals surface area contributed by atoms with Gasteiger partial charge in [-0.05, 0) is 31.5 Å². The molecule has 0 fully saturated rings. The van der Waals surface area contributed by atoms with Crippen LogP contribution in [0.4, 0.5) is 0 Å². The molecule has 0 unspecified atom stereocenters. The Morgan fingerprint density at radius 3 is 2.33 bits per heavy atom. The van der Waals surface area contributed by atoms with Gasteiger partial charge in [-0.15, -0.1) is 0 Å². The van der Waals surface area contributed by atoms with E-state index in [1.807, 2.05) is 31.2 Å². The van der Waals surface area contributed by atoms with E-state index in [1.54, 1.807) is 6.92 Å². The molecule has 3 nitrogen and oxygen atoms in total. The smallest absolute Gasteiger partial charge is 0.234 e. The molecule has 0 saturated carbocycles. The van der Waals surface area contributed by atoms with Crippen LogP contribution in [0, 0.1) is 0 Å². The van der Waals surface area contributed by atoms with Crippen LogP contribution in [0.3, 0.4) is 0 Å². The molecule has 0 aliphatic carbocycles. The van der Waals surface area contributed by atoms with Gasteiger partial charge in [0.2, 0.25) is 5.91 Å². The normalized spacial score (nSPS) is 14.6. The molecule has 0 saturated heterocycles. The number of halogens is 1. The number of rotatable bonds is 4. The molecule has 0 spiro atoms. The number of benzene rings is 1. The van der Waals surface area contributed by atoms with Crippen molar-refractivity contribution in [3.8, 4) is 0 Å². The third-order valence-corrected chi connectivity index (χ3v) is 2.55. The first-order valence-electron chi connectivity index (χ1n) is 4.81. The highest BCUT2D eigenvalue weighted by molar-refractivity contribution is 6.30. The second-order valence-electron chi connectivity index (χ2n) is 3.56. The lowest BCUT2D eigenvalue weighted by Gasteiger charge is -2.17. The topological polar surface area (TPSA) is 55.1 Å². The first-order chi connectivity index (χ1) is 7.00. The molecular formula is C11H15ClN2O. The van der Waals surface area contributed by atoms with E-state index in [9.17, 15) is 4.79 Å². The Morgan fingerprint density at radius 2 is 1.87 bits per heavy atom. The first-order valence-corrected chi connectivity index (χ1v) is 5.19. The molecule has 0 heterocycles. The summed E-state index contributed by atoms with van der Waals surface area (Å²) in [5.74, 6) is -0.351. The van der Waals surface area contributed by atoms with Gasteiger partial charge in [-0.2, -0.15) is 0 Å². The second kappa shape index (κ2) is 5.14. The minimum atomic E-state index is -0.351. The number of hydrogen-bond acceptors (Lipinski definition) is 2. The average molecular weight is 227 g/mol. The molecule has 0 aliphatic rings. The lowest BCUT2D eigenvalue weighted by atomic mass is 10.1. The standard InChI is InChI=1S/C11H15ClN2O/c1-7(14-8(2)11(13)15)9-3-5-10(12)6-4-9/h3-8,14H,1-2H3,(H2,13,15)/t7-,8+/m0/s1. The lowest BCUT2D eigenvalue weighted by molar-refractivity contribution is -0.119. The average Bonchev–Trinajstić information content (AvgIpc) is 2.18. The van der Waals surface area contributed by atoms with Crippen molar-refractivity contribution in [2.24, 2.45) is 5.73 Å². The Morgan fingerprint density at radius 1 is 1.33 bits per heavy atom. The summed E-state index contributed by atoms with van der Waals surface area (Å²) in [4.78, 5) is 10.9. The predicted molar refractivity (Wildman–Crippen MR) is 61.7 cm³/mol. The number of amides is 1. The predicted octanol–water partition coefficient (Wildman–Crippen LogP) is 1.86. The maximum absolute atomic E-state index is 10.9. The maximum Gasteiger partial charge on any atom is 0.234 e. The van der Waals surface area contributed by atoms with E-state index in [1.165, 1.54) is 0 Å². The van der Waals surface area contributed by atoms with Crippen LogP contribution in [0.1, 0.15) is 25.5 Å². The van der Waals surface area contributed by atoms with Gasteiger partial charge in [0.15, 0.2) is 0 Å². The van der Waals surface area contributed by atoms with E-state index in [0.29, 0.717) is 5.02 Å². The zero-order valence-corrected chi connectivity index (χ0v) is 9.58. The van der Waals surface area contributed by atoms with Crippen molar-refractivity contribution < 1.29 is 4.79 Å². The van der Waals surface area contributed by atoms with Gasteiger partial charge in [0.05, 0.1) is 6.04 Å². The molecule has 4 heteroatoms. The van der Waals surface area contributed by atoms with E-state index in [-0.39, 0.29) is 18.0 Å². The van der Waals surface area contributed by atoms with E-state index in [4.69, 9.17) is 17.3 Å². The number of nitrogens with two attached hydrogens (primary N) is 1. The minimum absolute atomic E-state index is 0.0739. The van der Waals surface area contributed by atoms with E-state index >= 15 is 0 Å². The Bertz CT molecular complexity index is 337. The van der Waals surface area contributed by atoms with Crippen molar-refractivity contribution in [3.05, 3.63) is 34.9 Å². The van der Waals surface area contributed by atoms with E-state index in [2.05, 4.69) is 5.32 Å². The van der Waals surface area contributed by atoms with Crippen molar-refractivity contribution >= 4 is 17.5 Å². The molecule has 3 N–H and O–H groups in total.